The molecule has 2 aromatic carbocycles. The van der Waals surface area contributed by atoms with Crippen molar-refractivity contribution in [1.29, 1.82) is 0 Å². The van der Waals surface area contributed by atoms with Gasteiger partial charge in [0.25, 0.3) is 5.91 Å². The van der Waals surface area contributed by atoms with Gasteiger partial charge in [0, 0.05) is 29.4 Å². The molecular formula is C21H18FN3O4S. The van der Waals surface area contributed by atoms with E-state index in [0.717, 1.165) is 6.07 Å². The van der Waals surface area contributed by atoms with Crippen molar-refractivity contribution in [3.05, 3.63) is 70.2 Å². The maximum absolute atomic E-state index is 14.1. The van der Waals surface area contributed by atoms with Gasteiger partial charge in [-0.2, -0.15) is 0 Å². The number of halogens is 1. The van der Waals surface area contributed by atoms with Crippen LogP contribution in [0.1, 0.15) is 21.3 Å². The van der Waals surface area contributed by atoms with Gasteiger partial charge in [-0.1, -0.05) is 6.07 Å². The summed E-state index contributed by atoms with van der Waals surface area (Å²) >= 11 is 1.35. The first-order valence-electron chi connectivity index (χ1n) is 9.06. The Bertz CT molecular complexity index is 1090. The van der Waals surface area contributed by atoms with Crippen molar-refractivity contribution >= 4 is 40.3 Å². The second-order valence-corrected chi connectivity index (χ2v) is 7.54. The molecule has 1 atom stereocenters. The highest BCUT2D eigenvalue weighted by Crippen LogP contribution is 2.33. The molecule has 154 valence electrons. The van der Waals surface area contributed by atoms with Crippen LogP contribution in [-0.4, -0.2) is 30.8 Å². The molecule has 0 fully saturated rings. The predicted octanol–water partition coefficient (Wildman–Crippen LogP) is 4.16. The molecule has 1 unspecified atom stereocenters. The summed E-state index contributed by atoms with van der Waals surface area (Å²) in [5.74, 6) is -1.58. The Morgan fingerprint density at radius 2 is 2.03 bits per heavy atom. The average Bonchev–Trinajstić information content (AvgIpc) is 3.27. The summed E-state index contributed by atoms with van der Waals surface area (Å²) in [7, 11) is 1.59. The van der Waals surface area contributed by atoms with Gasteiger partial charge in [-0.3, -0.25) is 9.69 Å². The smallest absolute Gasteiger partial charge is 0.331 e. The monoisotopic (exact) mass is 427 g/mol. The number of aliphatic carboxylic acids is 1. The van der Waals surface area contributed by atoms with Gasteiger partial charge in [-0.15, -0.1) is 11.3 Å². The molecule has 0 saturated heterocycles. The second kappa shape index (κ2) is 8.03. The number of hydrogen-bond acceptors (Lipinski definition) is 6. The topological polar surface area (TPSA) is 90.9 Å². The van der Waals surface area contributed by atoms with Crippen LogP contribution in [0, 0.1) is 5.82 Å². The van der Waals surface area contributed by atoms with Gasteiger partial charge >= 0.3 is 5.97 Å². The number of nitrogens with zero attached hydrogens (tertiary/aromatic N) is 1. The summed E-state index contributed by atoms with van der Waals surface area (Å²) in [6.07, 6.45) is 0. The number of amides is 1. The zero-order valence-corrected chi connectivity index (χ0v) is 16.7. The average molecular weight is 427 g/mol. The molecule has 3 N–H and O–H groups in total. The van der Waals surface area contributed by atoms with E-state index in [0.29, 0.717) is 22.0 Å². The minimum absolute atomic E-state index is 0.0136. The molecular weight excluding hydrogens is 409 g/mol. The van der Waals surface area contributed by atoms with Crippen LogP contribution in [0.3, 0.4) is 0 Å². The summed E-state index contributed by atoms with van der Waals surface area (Å²) in [5.41, 5.74) is 1.54. The number of ether oxygens (including phenoxy) is 1. The van der Waals surface area contributed by atoms with Crippen molar-refractivity contribution in [2.24, 2.45) is 0 Å². The lowest BCUT2D eigenvalue weighted by Crippen LogP contribution is -2.38. The van der Waals surface area contributed by atoms with Crippen LogP contribution in [0.15, 0.2) is 53.9 Å². The molecule has 1 aromatic heterocycles. The number of carboxylic acids is 1. The third-order valence-corrected chi connectivity index (χ3v) is 5.67. The maximum Gasteiger partial charge on any atom is 0.331 e. The Kier molecular flexibility index (Phi) is 5.28. The van der Waals surface area contributed by atoms with E-state index < -0.39 is 17.8 Å². The predicted molar refractivity (Wildman–Crippen MR) is 113 cm³/mol. The summed E-state index contributed by atoms with van der Waals surface area (Å²) in [4.78, 5) is 26.5. The van der Waals surface area contributed by atoms with Gasteiger partial charge in [-0.05, 0) is 41.8 Å². The van der Waals surface area contributed by atoms with Crippen LogP contribution < -0.4 is 20.3 Å². The Hall–Kier alpha value is -3.59. The normalized spacial score (nSPS) is 13.9. The number of fused-ring (bicyclic) bond motifs is 1. The van der Waals surface area contributed by atoms with Crippen LogP contribution in [-0.2, 0) is 4.79 Å². The largest absolute Gasteiger partial charge is 0.479 e. The van der Waals surface area contributed by atoms with E-state index in [-0.39, 0.29) is 23.9 Å². The van der Waals surface area contributed by atoms with Gasteiger partial charge in [0.1, 0.15) is 11.6 Å². The SMILES string of the molecule is CNc1cc2c(cc1F)C(=O)N(c1ccc(NC(C(=O)O)c3cccs3)cc1)CO2. The fourth-order valence-corrected chi connectivity index (χ4v) is 3.94. The lowest BCUT2D eigenvalue weighted by Gasteiger charge is -2.29. The van der Waals surface area contributed by atoms with Crippen molar-refractivity contribution in [2.75, 3.05) is 29.3 Å². The van der Waals surface area contributed by atoms with Gasteiger partial charge in [0.2, 0.25) is 0 Å². The van der Waals surface area contributed by atoms with E-state index in [1.165, 1.54) is 22.3 Å². The second-order valence-electron chi connectivity index (χ2n) is 6.56. The third kappa shape index (κ3) is 3.67. The lowest BCUT2D eigenvalue weighted by atomic mass is 10.1. The number of anilines is 3. The summed E-state index contributed by atoms with van der Waals surface area (Å²) < 4.78 is 19.7. The summed E-state index contributed by atoms with van der Waals surface area (Å²) in [6.45, 7) is -0.0136. The van der Waals surface area contributed by atoms with E-state index in [4.69, 9.17) is 4.74 Å². The molecule has 4 rings (SSSR count). The Morgan fingerprint density at radius 1 is 1.27 bits per heavy atom. The number of benzene rings is 2. The zero-order chi connectivity index (χ0) is 21.3. The zero-order valence-electron chi connectivity index (χ0n) is 15.9. The molecule has 1 aliphatic heterocycles. The molecule has 9 heteroatoms. The van der Waals surface area contributed by atoms with Crippen LogP contribution in [0.2, 0.25) is 0 Å². The first-order valence-corrected chi connectivity index (χ1v) is 9.94. The molecule has 30 heavy (non-hydrogen) atoms. The first-order chi connectivity index (χ1) is 14.5. The highest BCUT2D eigenvalue weighted by Gasteiger charge is 2.28. The molecule has 3 aromatic rings. The Balaban J connectivity index is 1.54. The van der Waals surface area contributed by atoms with E-state index in [1.54, 1.807) is 43.4 Å². The molecule has 1 aliphatic rings. The van der Waals surface area contributed by atoms with Gasteiger partial charge < -0.3 is 20.5 Å². The standard InChI is InChI=1S/C21H18FN3O4S/c1-23-16-10-17-14(9-15(16)22)20(26)25(11-29-17)13-6-4-12(5-7-13)24-19(21(27)28)18-3-2-8-30-18/h2-10,19,23-24H,11H2,1H3,(H,27,28). The minimum atomic E-state index is -0.985. The molecule has 0 saturated carbocycles. The van der Waals surface area contributed by atoms with Gasteiger partial charge in [-0.25, -0.2) is 9.18 Å². The van der Waals surface area contributed by atoms with E-state index in [1.807, 2.05) is 5.38 Å². The number of rotatable bonds is 6. The molecule has 1 amide bonds. The summed E-state index contributed by atoms with van der Waals surface area (Å²) in [6, 6.07) is 12.0. The number of nitrogens with one attached hydrogen (secondary N) is 2. The number of hydrogen-bond donors (Lipinski definition) is 3. The minimum Gasteiger partial charge on any atom is -0.479 e. The van der Waals surface area contributed by atoms with Crippen molar-refractivity contribution in [3.63, 3.8) is 0 Å². The summed E-state index contributed by atoms with van der Waals surface area (Å²) in [5, 5.41) is 17.0. The lowest BCUT2D eigenvalue weighted by molar-refractivity contribution is -0.138. The fourth-order valence-electron chi connectivity index (χ4n) is 3.18. The van der Waals surface area contributed by atoms with Crippen LogP contribution in [0.4, 0.5) is 21.5 Å². The van der Waals surface area contributed by atoms with Crippen LogP contribution in [0.25, 0.3) is 0 Å². The van der Waals surface area contributed by atoms with Gasteiger partial charge in [0.15, 0.2) is 12.8 Å². The number of carboxylic acid groups (broad SMARTS) is 1. The van der Waals surface area contributed by atoms with E-state index >= 15 is 0 Å². The maximum atomic E-state index is 14.1. The quantitative estimate of drug-likeness (QED) is 0.547. The molecule has 0 bridgehead atoms. The van der Waals surface area contributed by atoms with Crippen LogP contribution >= 0.6 is 11.3 Å². The number of carbonyl (C=O) groups is 2. The van der Waals surface area contributed by atoms with Crippen molar-refractivity contribution in [1.82, 2.24) is 0 Å². The molecule has 0 spiro atoms. The molecule has 2 heterocycles. The molecule has 0 radical (unpaired) electrons. The third-order valence-electron chi connectivity index (χ3n) is 4.73. The van der Waals surface area contributed by atoms with Gasteiger partial charge in [0.05, 0.1) is 11.3 Å². The van der Waals surface area contributed by atoms with Crippen molar-refractivity contribution < 1.29 is 23.8 Å². The highest BCUT2D eigenvalue weighted by molar-refractivity contribution is 7.10. The van der Waals surface area contributed by atoms with E-state index in [2.05, 4.69) is 10.6 Å². The number of carbonyl (C=O) groups excluding carboxylic acids is 1. The Labute approximate surface area is 175 Å². The molecule has 7 nitrogen and oxygen atoms in total. The Morgan fingerprint density at radius 3 is 2.67 bits per heavy atom. The highest BCUT2D eigenvalue weighted by atomic mass is 32.1. The van der Waals surface area contributed by atoms with E-state index in [9.17, 15) is 19.1 Å². The van der Waals surface area contributed by atoms with Crippen LogP contribution in [0.5, 0.6) is 5.75 Å². The van der Waals surface area contributed by atoms with Crippen molar-refractivity contribution in [3.8, 4) is 5.75 Å². The molecule has 0 aliphatic carbocycles. The fraction of sp³-hybridized carbons (Fsp3) is 0.143. The first kappa shape index (κ1) is 19.7. The van der Waals surface area contributed by atoms with Crippen molar-refractivity contribution in [2.45, 2.75) is 6.04 Å². The number of thiophene rings is 1.